The molecule has 0 bridgehead atoms. The van der Waals surface area contributed by atoms with Gasteiger partial charge in [-0.05, 0) is 45.8 Å². The van der Waals surface area contributed by atoms with Crippen LogP contribution >= 0.6 is 0 Å². The zero-order chi connectivity index (χ0) is 21.6. The minimum atomic E-state index is -2.08. The first-order valence-electron chi connectivity index (χ1n) is 9.51. The summed E-state index contributed by atoms with van der Waals surface area (Å²) in [6.45, 7) is 12.6. The third kappa shape index (κ3) is 10.9. The number of methoxy groups -OCH3 is 2. The van der Waals surface area contributed by atoms with Crippen LogP contribution in [0.25, 0.3) is 0 Å². The fourth-order valence-corrected chi connectivity index (χ4v) is 12.4. The van der Waals surface area contributed by atoms with E-state index in [1.807, 2.05) is 0 Å². The first-order valence-corrected chi connectivity index (χ1v) is 15.7. The van der Waals surface area contributed by atoms with Crippen molar-refractivity contribution in [2.75, 3.05) is 34.0 Å². The lowest BCUT2D eigenvalue weighted by atomic mass is 10.3. The van der Waals surface area contributed by atoms with E-state index < -0.39 is 16.1 Å². The van der Waals surface area contributed by atoms with Crippen LogP contribution in [0.4, 0.5) is 0 Å². The Morgan fingerprint density at radius 1 is 1.07 bits per heavy atom. The van der Waals surface area contributed by atoms with E-state index in [0.29, 0.717) is 31.4 Å². The number of carbonyl (C=O) groups is 2. The van der Waals surface area contributed by atoms with Gasteiger partial charge in [0.15, 0.2) is 7.83 Å². The van der Waals surface area contributed by atoms with Crippen LogP contribution in [-0.2, 0) is 33.0 Å². The van der Waals surface area contributed by atoms with Crippen LogP contribution in [-0.4, -0.2) is 68.0 Å². The topological polar surface area (TPSA) is 80.3 Å². The maximum Gasteiger partial charge on any atom is 0.333 e. The molecule has 0 fully saturated rings. The Labute approximate surface area is 171 Å². The van der Waals surface area contributed by atoms with E-state index in [1.54, 1.807) is 34.1 Å². The van der Waals surface area contributed by atoms with Crippen LogP contribution in [0.2, 0.25) is 19.1 Å². The van der Waals surface area contributed by atoms with Gasteiger partial charge in [-0.3, -0.25) is 0 Å². The molecule has 1 atom stereocenters. The predicted octanol–water partition coefficient (Wildman–Crippen LogP) is 2.69. The summed E-state index contributed by atoms with van der Waals surface area (Å²) in [4.78, 5) is 22.9. The summed E-state index contributed by atoms with van der Waals surface area (Å²) in [5, 5.41) is 0. The molecule has 0 radical (unpaired) electrons. The fourth-order valence-electron chi connectivity index (χ4n) is 2.64. The molecule has 0 spiro atoms. The van der Waals surface area contributed by atoms with Gasteiger partial charge in [0.25, 0.3) is 0 Å². The molecule has 0 aliphatic heterocycles. The van der Waals surface area contributed by atoms with Crippen molar-refractivity contribution >= 4 is 28.1 Å². The average Bonchev–Trinajstić information content (AvgIpc) is 2.63. The summed E-state index contributed by atoms with van der Waals surface area (Å²) >= 11 is 0. The number of rotatable bonds is 15. The van der Waals surface area contributed by atoms with E-state index in [2.05, 4.69) is 19.7 Å². The van der Waals surface area contributed by atoms with E-state index in [9.17, 15) is 9.59 Å². The van der Waals surface area contributed by atoms with Crippen molar-refractivity contribution in [3.63, 3.8) is 0 Å². The molecule has 0 aromatic rings. The summed E-state index contributed by atoms with van der Waals surface area (Å²) in [7, 11) is -0.492. The third-order valence-corrected chi connectivity index (χ3v) is 16.6. The Kier molecular flexibility index (Phi) is 14.0. The van der Waals surface area contributed by atoms with E-state index in [1.165, 1.54) is 6.08 Å². The normalized spacial score (nSPS) is 13.0. The van der Waals surface area contributed by atoms with Gasteiger partial charge in [0.05, 0.1) is 13.2 Å². The fraction of sp³-hybridized carbons (Fsp3) is 0.684. The van der Waals surface area contributed by atoms with Crippen molar-refractivity contribution < 1.29 is 33.0 Å². The van der Waals surface area contributed by atoms with E-state index in [0.717, 1.165) is 12.8 Å². The van der Waals surface area contributed by atoms with Crippen molar-refractivity contribution in [1.29, 1.82) is 0 Å². The summed E-state index contributed by atoms with van der Waals surface area (Å²) in [6.07, 6.45) is 4.60. The number of hydrogen-bond donors (Lipinski definition) is 0. The highest BCUT2D eigenvalue weighted by Gasteiger charge is 2.41. The van der Waals surface area contributed by atoms with Gasteiger partial charge in [0.2, 0.25) is 0 Å². The Balaban J connectivity index is 4.55. The van der Waals surface area contributed by atoms with Gasteiger partial charge in [-0.2, -0.15) is 0 Å². The molecule has 0 N–H and O–H groups in total. The number of unbranched alkanes of at least 4 members (excludes halogenated alkanes) is 1. The van der Waals surface area contributed by atoms with Crippen LogP contribution in [0.5, 0.6) is 0 Å². The summed E-state index contributed by atoms with van der Waals surface area (Å²) in [5.41, 5.74) is 0.385. The molecule has 0 rings (SSSR count). The van der Waals surface area contributed by atoms with Crippen LogP contribution in [0.1, 0.15) is 26.7 Å². The van der Waals surface area contributed by atoms with Crippen molar-refractivity contribution in [3.8, 4) is 0 Å². The standard InChI is InChI=1S/C19H36O7Si2/c1-8-11-17(20)24-12-9-10-13-26-28(6,7)27(19(22-4)23-5)15-14-25-18(21)16(2)3/h8,11,19,27H,2,9-10,12-15H2,1,3-7H3. The molecular formula is C19H36O7Si2. The average molecular weight is 433 g/mol. The smallest absolute Gasteiger partial charge is 0.333 e. The molecule has 0 aliphatic carbocycles. The van der Waals surface area contributed by atoms with Crippen LogP contribution in [0.15, 0.2) is 24.3 Å². The highest BCUT2D eigenvalue weighted by molar-refractivity contribution is 7.29. The molecule has 0 saturated carbocycles. The van der Waals surface area contributed by atoms with E-state index in [-0.39, 0.29) is 17.9 Å². The number of ether oxygens (including phenoxy) is 4. The maximum atomic E-state index is 11.6. The molecule has 7 nitrogen and oxygen atoms in total. The monoisotopic (exact) mass is 432 g/mol. The van der Waals surface area contributed by atoms with Gasteiger partial charge in [-0.25, -0.2) is 9.59 Å². The van der Waals surface area contributed by atoms with Gasteiger partial charge in [-0.1, -0.05) is 12.7 Å². The zero-order valence-corrected chi connectivity index (χ0v) is 20.3. The minimum absolute atomic E-state index is 0.299. The summed E-state index contributed by atoms with van der Waals surface area (Å²) in [5.74, 6) is -1.00. The molecule has 0 aliphatic rings. The van der Waals surface area contributed by atoms with Gasteiger partial charge in [-0.15, -0.1) is 0 Å². The van der Waals surface area contributed by atoms with Gasteiger partial charge in [0, 0.05) is 32.5 Å². The molecule has 0 saturated heterocycles. The second kappa shape index (κ2) is 14.7. The molecule has 0 aromatic heterocycles. The first-order chi connectivity index (χ1) is 13.2. The van der Waals surface area contributed by atoms with Crippen LogP contribution in [0.3, 0.4) is 0 Å². The third-order valence-electron chi connectivity index (χ3n) is 4.26. The van der Waals surface area contributed by atoms with Crippen molar-refractivity contribution in [1.82, 2.24) is 0 Å². The lowest BCUT2D eigenvalue weighted by molar-refractivity contribution is -0.139. The first kappa shape index (κ1) is 26.7. The predicted molar refractivity (Wildman–Crippen MR) is 114 cm³/mol. The Bertz CT molecular complexity index is 516. The lowest BCUT2D eigenvalue weighted by Gasteiger charge is -2.35. The molecule has 1 unspecified atom stereocenters. The van der Waals surface area contributed by atoms with Gasteiger partial charge in [0.1, 0.15) is 14.2 Å². The number of hydrogen-bond acceptors (Lipinski definition) is 7. The number of carbonyl (C=O) groups excluding carboxylic acids is 2. The molecule has 0 amide bonds. The highest BCUT2D eigenvalue weighted by Crippen LogP contribution is 2.19. The number of allylic oxidation sites excluding steroid dienone is 1. The Morgan fingerprint density at radius 2 is 1.68 bits per heavy atom. The van der Waals surface area contributed by atoms with Crippen molar-refractivity contribution in [2.45, 2.75) is 51.7 Å². The maximum absolute atomic E-state index is 11.6. The Hall–Kier alpha value is -1.27. The minimum Gasteiger partial charge on any atom is -0.463 e. The van der Waals surface area contributed by atoms with Gasteiger partial charge < -0.3 is 23.4 Å². The van der Waals surface area contributed by atoms with Crippen LogP contribution < -0.4 is 0 Å². The highest BCUT2D eigenvalue weighted by atomic mass is 29.2. The molecule has 28 heavy (non-hydrogen) atoms. The van der Waals surface area contributed by atoms with E-state index >= 15 is 0 Å². The Morgan fingerprint density at radius 3 is 2.21 bits per heavy atom. The van der Waals surface area contributed by atoms with E-state index in [4.69, 9.17) is 23.4 Å². The lowest BCUT2D eigenvalue weighted by Crippen LogP contribution is -2.57. The van der Waals surface area contributed by atoms with Gasteiger partial charge >= 0.3 is 11.9 Å². The SMILES string of the molecule is C=C(C)C(=O)OCC[SiH](C(OC)OC)[Si](C)(C)OCCCCOC(=O)C=CC. The van der Waals surface area contributed by atoms with Crippen molar-refractivity contribution in [2.24, 2.45) is 0 Å². The molecule has 0 heterocycles. The second-order valence-electron chi connectivity index (χ2n) is 6.98. The summed E-state index contributed by atoms with van der Waals surface area (Å²) in [6, 6.07) is 0.714. The molecule has 9 heteroatoms. The molecular weight excluding hydrogens is 396 g/mol. The number of esters is 2. The largest absolute Gasteiger partial charge is 0.463 e. The molecule has 162 valence electrons. The quantitative estimate of drug-likeness (QED) is 0.129. The summed E-state index contributed by atoms with van der Waals surface area (Å²) < 4.78 is 27.6. The van der Waals surface area contributed by atoms with Crippen LogP contribution in [0, 0.1) is 0 Å². The second-order valence-corrected chi connectivity index (χ2v) is 19.2. The van der Waals surface area contributed by atoms with Crippen molar-refractivity contribution in [3.05, 3.63) is 24.3 Å². The molecule has 0 aromatic carbocycles. The zero-order valence-electron chi connectivity index (χ0n) is 18.1.